The fourth-order valence-electron chi connectivity index (χ4n) is 2.28. The van der Waals surface area contributed by atoms with Crippen LogP contribution in [0.1, 0.15) is 24.8 Å². The fourth-order valence-corrected chi connectivity index (χ4v) is 3.07. The summed E-state index contributed by atoms with van der Waals surface area (Å²) >= 11 is 1.95. The van der Waals surface area contributed by atoms with Gasteiger partial charge in [0, 0.05) is 17.0 Å². The largest absolute Gasteiger partial charge is 0.398 e. The lowest BCUT2D eigenvalue weighted by atomic mass is 10.1. The smallest absolute Gasteiger partial charge is 0.101 e. The second kappa shape index (κ2) is 5.33. The van der Waals surface area contributed by atoms with Crippen molar-refractivity contribution in [3.05, 3.63) is 23.8 Å². The predicted molar refractivity (Wildman–Crippen MR) is 74.1 cm³/mol. The van der Waals surface area contributed by atoms with Crippen molar-refractivity contribution in [2.45, 2.75) is 30.6 Å². The highest BCUT2D eigenvalue weighted by molar-refractivity contribution is 7.99. The van der Waals surface area contributed by atoms with Crippen molar-refractivity contribution in [3.8, 4) is 6.07 Å². The number of thioether (sulfide) groups is 1. The standard InChI is InChI=1S/C13H17N3S/c1-17-12-5-4-10(6-12)16-11-3-2-9(8-14)13(15)7-11/h2-3,7,10,12,16H,4-6,15H2,1H3. The van der Waals surface area contributed by atoms with Crippen molar-refractivity contribution >= 4 is 23.1 Å². The molecule has 3 N–H and O–H groups in total. The molecule has 90 valence electrons. The number of nitriles is 1. The van der Waals surface area contributed by atoms with E-state index >= 15 is 0 Å². The molecule has 0 bridgehead atoms. The van der Waals surface area contributed by atoms with Gasteiger partial charge in [0.15, 0.2) is 0 Å². The average molecular weight is 247 g/mol. The van der Waals surface area contributed by atoms with Gasteiger partial charge in [-0.2, -0.15) is 17.0 Å². The van der Waals surface area contributed by atoms with Crippen molar-refractivity contribution in [1.29, 1.82) is 5.26 Å². The van der Waals surface area contributed by atoms with E-state index in [1.165, 1.54) is 19.3 Å². The Hall–Kier alpha value is -1.34. The minimum Gasteiger partial charge on any atom is -0.398 e. The summed E-state index contributed by atoms with van der Waals surface area (Å²) in [4.78, 5) is 0. The maximum Gasteiger partial charge on any atom is 0.101 e. The predicted octanol–water partition coefficient (Wildman–Crippen LogP) is 2.84. The fraction of sp³-hybridized carbons (Fsp3) is 0.462. The summed E-state index contributed by atoms with van der Waals surface area (Å²) in [5.41, 5.74) is 7.91. The molecule has 2 unspecified atom stereocenters. The molecule has 1 aliphatic rings. The Morgan fingerprint density at radius 3 is 2.88 bits per heavy atom. The topological polar surface area (TPSA) is 61.8 Å². The molecule has 0 aliphatic heterocycles. The van der Waals surface area contributed by atoms with E-state index in [4.69, 9.17) is 11.0 Å². The number of nitrogens with two attached hydrogens (primary N) is 1. The van der Waals surface area contributed by atoms with Crippen LogP contribution in [0.5, 0.6) is 0 Å². The van der Waals surface area contributed by atoms with E-state index in [1.807, 2.05) is 23.9 Å². The van der Waals surface area contributed by atoms with E-state index in [2.05, 4.69) is 17.6 Å². The van der Waals surface area contributed by atoms with Gasteiger partial charge in [0.2, 0.25) is 0 Å². The van der Waals surface area contributed by atoms with Gasteiger partial charge in [-0.1, -0.05) is 0 Å². The number of nitrogens with one attached hydrogen (secondary N) is 1. The molecule has 0 radical (unpaired) electrons. The molecule has 0 amide bonds. The number of nitrogens with zero attached hydrogens (tertiary/aromatic N) is 1. The van der Waals surface area contributed by atoms with E-state index in [0.29, 0.717) is 17.3 Å². The molecule has 1 aromatic rings. The van der Waals surface area contributed by atoms with Crippen molar-refractivity contribution in [3.63, 3.8) is 0 Å². The molecule has 1 fully saturated rings. The average Bonchev–Trinajstić information content (AvgIpc) is 2.77. The maximum absolute atomic E-state index is 8.81. The number of rotatable bonds is 3. The number of anilines is 2. The van der Waals surface area contributed by atoms with Crippen molar-refractivity contribution in [2.24, 2.45) is 0 Å². The highest BCUT2D eigenvalue weighted by Crippen LogP contribution is 2.30. The number of hydrogen-bond acceptors (Lipinski definition) is 4. The first-order valence-corrected chi connectivity index (χ1v) is 7.10. The summed E-state index contributed by atoms with van der Waals surface area (Å²) in [5.74, 6) is 0. The number of nitrogen functional groups attached to an aromatic ring is 1. The van der Waals surface area contributed by atoms with E-state index in [9.17, 15) is 0 Å². The molecule has 3 nitrogen and oxygen atoms in total. The lowest BCUT2D eigenvalue weighted by Gasteiger charge is -2.14. The lowest BCUT2D eigenvalue weighted by molar-refractivity contribution is 0.757. The summed E-state index contributed by atoms with van der Waals surface area (Å²) in [6.45, 7) is 0. The molecular formula is C13H17N3S. The Morgan fingerprint density at radius 2 is 2.29 bits per heavy atom. The Bertz CT molecular complexity index is 439. The van der Waals surface area contributed by atoms with Crippen LogP contribution in [0.15, 0.2) is 18.2 Å². The summed E-state index contributed by atoms with van der Waals surface area (Å²) in [5, 5.41) is 13.1. The molecule has 2 atom stereocenters. The van der Waals surface area contributed by atoms with Gasteiger partial charge in [-0.25, -0.2) is 0 Å². The van der Waals surface area contributed by atoms with Crippen LogP contribution < -0.4 is 11.1 Å². The Balaban J connectivity index is 2.00. The molecule has 17 heavy (non-hydrogen) atoms. The minimum atomic E-state index is 0.541. The molecule has 2 rings (SSSR count). The van der Waals surface area contributed by atoms with Crippen LogP contribution in [0.25, 0.3) is 0 Å². The van der Waals surface area contributed by atoms with Gasteiger partial charge >= 0.3 is 0 Å². The molecule has 1 aromatic carbocycles. The molecule has 0 spiro atoms. The second-order valence-corrected chi connectivity index (χ2v) is 5.56. The molecule has 4 heteroatoms. The van der Waals surface area contributed by atoms with Gasteiger partial charge in [0.05, 0.1) is 11.3 Å². The van der Waals surface area contributed by atoms with Gasteiger partial charge in [-0.15, -0.1) is 0 Å². The molecule has 1 saturated carbocycles. The van der Waals surface area contributed by atoms with E-state index in [0.717, 1.165) is 10.9 Å². The van der Waals surface area contributed by atoms with E-state index < -0.39 is 0 Å². The zero-order chi connectivity index (χ0) is 12.3. The van der Waals surface area contributed by atoms with Crippen molar-refractivity contribution < 1.29 is 0 Å². The third kappa shape index (κ3) is 2.86. The first-order chi connectivity index (χ1) is 8.22. The van der Waals surface area contributed by atoms with Crippen molar-refractivity contribution in [2.75, 3.05) is 17.3 Å². The highest BCUT2D eigenvalue weighted by Gasteiger charge is 2.23. The van der Waals surface area contributed by atoms with Gasteiger partial charge in [0.1, 0.15) is 6.07 Å². The van der Waals surface area contributed by atoms with Crippen LogP contribution in [-0.4, -0.2) is 17.5 Å². The quantitative estimate of drug-likeness (QED) is 0.806. The summed E-state index contributed by atoms with van der Waals surface area (Å²) < 4.78 is 0. The lowest BCUT2D eigenvalue weighted by Crippen LogP contribution is -2.16. The van der Waals surface area contributed by atoms with E-state index in [-0.39, 0.29) is 0 Å². The molecule has 1 aliphatic carbocycles. The molecule has 0 aromatic heterocycles. The molecule has 0 saturated heterocycles. The molecule has 0 heterocycles. The number of hydrogen-bond donors (Lipinski definition) is 2. The highest BCUT2D eigenvalue weighted by atomic mass is 32.2. The van der Waals surface area contributed by atoms with E-state index in [1.54, 1.807) is 6.07 Å². The van der Waals surface area contributed by atoms with Gasteiger partial charge in [-0.05, 0) is 43.7 Å². The number of benzene rings is 1. The second-order valence-electron chi connectivity index (χ2n) is 4.43. The normalized spacial score (nSPS) is 23.3. The van der Waals surface area contributed by atoms with Crippen LogP contribution in [0.2, 0.25) is 0 Å². The first-order valence-electron chi connectivity index (χ1n) is 5.82. The third-order valence-corrected chi connectivity index (χ3v) is 4.36. The molecular weight excluding hydrogens is 230 g/mol. The Morgan fingerprint density at radius 1 is 1.47 bits per heavy atom. The van der Waals surface area contributed by atoms with Crippen LogP contribution in [0.4, 0.5) is 11.4 Å². The van der Waals surface area contributed by atoms with Gasteiger partial charge < -0.3 is 11.1 Å². The zero-order valence-corrected chi connectivity index (χ0v) is 10.8. The third-order valence-electron chi connectivity index (χ3n) is 3.26. The maximum atomic E-state index is 8.81. The first kappa shape index (κ1) is 12.1. The van der Waals surface area contributed by atoms with Gasteiger partial charge in [-0.3, -0.25) is 0 Å². The van der Waals surface area contributed by atoms with Crippen LogP contribution >= 0.6 is 11.8 Å². The van der Waals surface area contributed by atoms with Crippen molar-refractivity contribution in [1.82, 2.24) is 0 Å². The minimum absolute atomic E-state index is 0.541. The Labute approximate surface area is 106 Å². The van der Waals surface area contributed by atoms with Gasteiger partial charge in [0.25, 0.3) is 0 Å². The summed E-state index contributed by atoms with van der Waals surface area (Å²) in [7, 11) is 0. The monoisotopic (exact) mass is 247 g/mol. The summed E-state index contributed by atoms with van der Waals surface area (Å²) in [6, 6.07) is 8.18. The SMILES string of the molecule is CSC1CCC(Nc2ccc(C#N)c(N)c2)C1. The summed E-state index contributed by atoms with van der Waals surface area (Å²) in [6.07, 6.45) is 5.88. The van der Waals surface area contributed by atoms with Crippen LogP contribution in [0, 0.1) is 11.3 Å². The zero-order valence-electron chi connectivity index (χ0n) is 9.94. The van der Waals surface area contributed by atoms with Crippen LogP contribution in [0.3, 0.4) is 0 Å². The van der Waals surface area contributed by atoms with Crippen LogP contribution in [-0.2, 0) is 0 Å². The Kier molecular flexibility index (Phi) is 3.80.